The number of nitrogens with two attached hydrogens (primary N) is 1. The van der Waals surface area contributed by atoms with Crippen LogP contribution in [-0.2, 0) is 35.3 Å². The minimum Gasteiger partial charge on any atom is -0.351 e. The van der Waals surface area contributed by atoms with E-state index in [1.807, 2.05) is 6.92 Å². The van der Waals surface area contributed by atoms with Crippen LogP contribution in [0.4, 0.5) is 26.3 Å². The van der Waals surface area contributed by atoms with Crippen LogP contribution in [0.5, 0.6) is 0 Å². The molecule has 0 fully saturated rings. The molecule has 0 spiro atoms. The van der Waals surface area contributed by atoms with Crippen molar-refractivity contribution < 1.29 is 35.9 Å². The zero-order chi connectivity index (χ0) is 26.8. The number of nitrogens with zero attached hydrogens (tertiary/aromatic N) is 4. The number of halogens is 7. The van der Waals surface area contributed by atoms with E-state index < -0.39 is 59.8 Å². The molecule has 2 heterocycles. The molecule has 2 amide bonds. The van der Waals surface area contributed by atoms with Crippen molar-refractivity contribution >= 4 is 24.2 Å². The highest BCUT2D eigenvalue weighted by molar-refractivity contribution is 5.85. The SMILES string of the molecule is CCC(C)C(N)C(=O)NC(CC(=O)N1CCn2c(nnc2C(F)(F)F)C1)Cc1cc(F)c(F)cc1F.Cl. The van der Waals surface area contributed by atoms with Crippen LogP contribution in [0.3, 0.4) is 0 Å². The highest BCUT2D eigenvalue weighted by Crippen LogP contribution is 2.29. The van der Waals surface area contributed by atoms with E-state index in [1.54, 1.807) is 6.92 Å². The summed E-state index contributed by atoms with van der Waals surface area (Å²) in [4.78, 5) is 26.9. The topological polar surface area (TPSA) is 106 Å². The second-order valence-electron chi connectivity index (χ2n) is 8.79. The lowest BCUT2D eigenvalue weighted by Gasteiger charge is -2.30. The third-order valence-corrected chi connectivity index (χ3v) is 6.24. The molecule has 206 valence electrons. The molecule has 1 aromatic carbocycles. The molecule has 3 N–H and O–H groups in total. The maximum atomic E-state index is 14.3. The summed E-state index contributed by atoms with van der Waals surface area (Å²) >= 11 is 0. The summed E-state index contributed by atoms with van der Waals surface area (Å²) in [5.41, 5.74) is 5.68. The largest absolute Gasteiger partial charge is 0.451 e. The van der Waals surface area contributed by atoms with Crippen molar-refractivity contribution in [3.05, 3.63) is 46.8 Å². The van der Waals surface area contributed by atoms with Crippen LogP contribution < -0.4 is 11.1 Å². The van der Waals surface area contributed by atoms with Crippen molar-refractivity contribution in [1.29, 1.82) is 0 Å². The van der Waals surface area contributed by atoms with Gasteiger partial charge in [0.2, 0.25) is 17.6 Å². The van der Waals surface area contributed by atoms with E-state index in [0.717, 1.165) is 4.57 Å². The zero-order valence-corrected chi connectivity index (χ0v) is 20.8. The molecule has 0 radical (unpaired) electrons. The van der Waals surface area contributed by atoms with Gasteiger partial charge in [0.1, 0.15) is 5.82 Å². The molecule has 0 saturated carbocycles. The summed E-state index contributed by atoms with van der Waals surface area (Å²) in [5.74, 6) is -6.36. The number of carbonyl (C=O) groups excluding carboxylic acids is 2. The predicted octanol–water partition coefficient (Wildman–Crippen LogP) is 2.97. The summed E-state index contributed by atoms with van der Waals surface area (Å²) in [6.07, 6.45) is -4.85. The van der Waals surface area contributed by atoms with Crippen LogP contribution in [0.15, 0.2) is 12.1 Å². The number of carbonyl (C=O) groups is 2. The standard InChI is InChI=1S/C22H26F6N6O2.ClH/c1-3-11(2)19(29)20(36)30-13(6-12-7-15(24)16(25)9-14(12)23)8-18(35)33-4-5-34-17(10-33)31-32-21(34)22(26,27)28;/h7,9,11,13,19H,3-6,8,10,29H2,1-2H3,(H,30,36);1H. The van der Waals surface area contributed by atoms with Crippen LogP contribution in [0.25, 0.3) is 0 Å². The molecule has 15 heteroatoms. The average Bonchev–Trinajstić information content (AvgIpc) is 3.25. The molecule has 3 unspecified atom stereocenters. The molecular weight excluding hydrogens is 530 g/mol. The first-order valence-electron chi connectivity index (χ1n) is 11.3. The fourth-order valence-electron chi connectivity index (χ4n) is 3.89. The van der Waals surface area contributed by atoms with E-state index in [2.05, 4.69) is 15.5 Å². The van der Waals surface area contributed by atoms with Crippen molar-refractivity contribution in [3.8, 4) is 0 Å². The minimum absolute atomic E-state index is 0. The number of hydrogen-bond donors (Lipinski definition) is 2. The molecule has 1 aliphatic heterocycles. The monoisotopic (exact) mass is 556 g/mol. The highest BCUT2D eigenvalue weighted by atomic mass is 35.5. The number of benzene rings is 1. The van der Waals surface area contributed by atoms with E-state index >= 15 is 0 Å². The van der Waals surface area contributed by atoms with E-state index in [1.165, 1.54) is 4.90 Å². The van der Waals surface area contributed by atoms with Gasteiger partial charge in [-0.2, -0.15) is 13.2 Å². The molecule has 1 aliphatic rings. The van der Waals surface area contributed by atoms with Gasteiger partial charge in [-0.1, -0.05) is 20.3 Å². The lowest BCUT2D eigenvalue weighted by atomic mass is 9.97. The van der Waals surface area contributed by atoms with Gasteiger partial charge in [-0.25, -0.2) is 13.2 Å². The molecule has 3 rings (SSSR count). The van der Waals surface area contributed by atoms with Crippen LogP contribution in [0.1, 0.15) is 43.9 Å². The van der Waals surface area contributed by atoms with Crippen molar-refractivity contribution in [3.63, 3.8) is 0 Å². The van der Waals surface area contributed by atoms with Crippen molar-refractivity contribution in [2.45, 2.75) is 64.5 Å². The maximum absolute atomic E-state index is 14.3. The molecule has 3 atom stereocenters. The Morgan fingerprint density at radius 3 is 2.38 bits per heavy atom. The van der Waals surface area contributed by atoms with Gasteiger partial charge in [0.25, 0.3) is 0 Å². The molecule has 37 heavy (non-hydrogen) atoms. The van der Waals surface area contributed by atoms with Gasteiger partial charge in [0.15, 0.2) is 17.5 Å². The van der Waals surface area contributed by atoms with Crippen LogP contribution in [0, 0.1) is 23.4 Å². The summed E-state index contributed by atoms with van der Waals surface area (Å²) in [5, 5.41) is 9.26. The van der Waals surface area contributed by atoms with Gasteiger partial charge in [-0.05, 0) is 24.0 Å². The first-order chi connectivity index (χ1) is 16.8. The molecule has 0 aliphatic carbocycles. The van der Waals surface area contributed by atoms with E-state index in [0.29, 0.717) is 18.6 Å². The van der Waals surface area contributed by atoms with Gasteiger partial charge in [-0.15, -0.1) is 22.6 Å². The molecule has 8 nitrogen and oxygen atoms in total. The molecular formula is C22H27ClF6N6O2. The van der Waals surface area contributed by atoms with Gasteiger partial charge in [0.05, 0.1) is 12.6 Å². The summed E-state index contributed by atoms with van der Waals surface area (Å²) in [6, 6.07) is -0.974. The average molecular weight is 557 g/mol. The number of rotatable bonds is 8. The zero-order valence-electron chi connectivity index (χ0n) is 20.0. The number of hydrogen-bond acceptors (Lipinski definition) is 5. The first kappa shape index (κ1) is 30.4. The maximum Gasteiger partial charge on any atom is 0.451 e. The van der Waals surface area contributed by atoms with Gasteiger partial charge < -0.3 is 20.5 Å². The quantitative estimate of drug-likeness (QED) is 0.384. The second kappa shape index (κ2) is 12.1. The number of nitrogens with one attached hydrogen (secondary N) is 1. The van der Waals surface area contributed by atoms with E-state index in [-0.39, 0.29) is 55.8 Å². The minimum atomic E-state index is -4.70. The Morgan fingerprint density at radius 1 is 1.11 bits per heavy atom. The Balaban J connectivity index is 0.00000481. The molecule has 0 saturated heterocycles. The molecule has 2 aromatic rings. The Hall–Kier alpha value is -2.87. The fraction of sp³-hybridized carbons (Fsp3) is 0.545. The Kier molecular flexibility index (Phi) is 9.94. The lowest BCUT2D eigenvalue weighted by Crippen LogP contribution is -2.50. The van der Waals surface area contributed by atoms with Crippen LogP contribution in [-0.4, -0.2) is 50.1 Å². The summed E-state index contributed by atoms with van der Waals surface area (Å²) in [6.45, 7) is 3.04. The fourth-order valence-corrected chi connectivity index (χ4v) is 3.89. The Labute approximate surface area is 215 Å². The Bertz CT molecular complexity index is 1130. The number of amides is 2. The summed E-state index contributed by atoms with van der Waals surface area (Å²) in [7, 11) is 0. The first-order valence-corrected chi connectivity index (χ1v) is 11.3. The van der Waals surface area contributed by atoms with Crippen molar-refractivity contribution in [1.82, 2.24) is 25.0 Å². The third kappa shape index (κ3) is 7.12. The van der Waals surface area contributed by atoms with E-state index in [4.69, 9.17) is 5.73 Å². The normalized spacial score (nSPS) is 15.9. The van der Waals surface area contributed by atoms with Gasteiger partial charge in [-0.3, -0.25) is 9.59 Å². The molecule has 0 bridgehead atoms. The number of alkyl halides is 3. The van der Waals surface area contributed by atoms with Crippen molar-refractivity contribution in [2.24, 2.45) is 11.7 Å². The molecule has 1 aromatic heterocycles. The van der Waals surface area contributed by atoms with Crippen molar-refractivity contribution in [2.75, 3.05) is 6.54 Å². The van der Waals surface area contributed by atoms with Gasteiger partial charge >= 0.3 is 6.18 Å². The van der Waals surface area contributed by atoms with Crippen LogP contribution in [0.2, 0.25) is 0 Å². The van der Waals surface area contributed by atoms with Crippen LogP contribution >= 0.6 is 12.4 Å². The number of fused-ring (bicyclic) bond motifs is 1. The van der Waals surface area contributed by atoms with Gasteiger partial charge in [0, 0.05) is 31.6 Å². The summed E-state index contributed by atoms with van der Waals surface area (Å²) < 4.78 is 81.4. The predicted molar refractivity (Wildman–Crippen MR) is 122 cm³/mol. The lowest BCUT2D eigenvalue weighted by molar-refractivity contribution is -0.148. The Morgan fingerprint density at radius 2 is 1.76 bits per heavy atom. The number of aromatic nitrogens is 3. The second-order valence-corrected chi connectivity index (χ2v) is 8.79. The highest BCUT2D eigenvalue weighted by Gasteiger charge is 2.40. The third-order valence-electron chi connectivity index (χ3n) is 6.24. The van der Waals surface area contributed by atoms with E-state index in [9.17, 15) is 35.9 Å². The smallest absolute Gasteiger partial charge is 0.351 e.